The topological polar surface area (TPSA) is 116 Å². The van der Waals surface area contributed by atoms with Gasteiger partial charge in [0.15, 0.2) is 15.8 Å². The van der Waals surface area contributed by atoms with E-state index in [9.17, 15) is 13.2 Å². The summed E-state index contributed by atoms with van der Waals surface area (Å²) in [6.07, 6.45) is 8.24. The Morgan fingerprint density at radius 2 is 2.05 bits per heavy atom. The van der Waals surface area contributed by atoms with Crippen molar-refractivity contribution in [3.8, 4) is 0 Å². The van der Waals surface area contributed by atoms with Crippen LogP contribution in [0.4, 0.5) is 0 Å². The number of guanidine groups is 1. The van der Waals surface area contributed by atoms with Gasteiger partial charge in [-0.2, -0.15) is 4.99 Å². The van der Waals surface area contributed by atoms with Crippen molar-refractivity contribution in [3.05, 3.63) is 23.8 Å². The molecule has 1 amide bonds. The Morgan fingerprint density at radius 1 is 1.43 bits per heavy atom. The largest absolute Gasteiger partial charge is 0.370 e. The molecule has 120 valence electrons. The third-order valence-electron chi connectivity index (χ3n) is 3.38. The van der Waals surface area contributed by atoms with E-state index in [1.807, 2.05) is 6.92 Å². The van der Waals surface area contributed by atoms with Crippen molar-refractivity contribution in [2.75, 3.05) is 6.26 Å². The van der Waals surface area contributed by atoms with Gasteiger partial charge in [0.25, 0.3) is 5.91 Å². The lowest BCUT2D eigenvalue weighted by atomic mass is 9.89. The molecule has 0 radical (unpaired) electrons. The second kappa shape index (κ2) is 7.61. The Bertz CT molecular complexity index is 577. The monoisotopic (exact) mass is 335 g/mol. The van der Waals surface area contributed by atoms with E-state index in [1.165, 1.54) is 6.26 Å². The lowest BCUT2D eigenvalue weighted by molar-refractivity contribution is -0.114. The van der Waals surface area contributed by atoms with E-state index in [0.29, 0.717) is 12.0 Å². The number of rotatable bonds is 5. The van der Waals surface area contributed by atoms with Crippen molar-refractivity contribution >= 4 is 34.1 Å². The Balaban J connectivity index is 0.00000400. The van der Waals surface area contributed by atoms with Gasteiger partial charge < -0.3 is 11.5 Å². The molecular weight excluding hydrogens is 314 g/mol. The molecule has 0 aliphatic heterocycles. The van der Waals surface area contributed by atoms with Crippen LogP contribution in [0.5, 0.6) is 0 Å². The fourth-order valence-corrected chi connectivity index (χ4v) is 3.46. The van der Waals surface area contributed by atoms with Crippen LogP contribution in [-0.2, 0) is 14.6 Å². The van der Waals surface area contributed by atoms with Gasteiger partial charge in [0.2, 0.25) is 0 Å². The molecule has 1 aliphatic carbocycles. The molecule has 1 aliphatic rings. The number of halogens is 1. The molecule has 0 aromatic rings. The van der Waals surface area contributed by atoms with Crippen LogP contribution in [-0.4, -0.2) is 31.3 Å². The molecule has 4 N–H and O–H groups in total. The summed E-state index contributed by atoms with van der Waals surface area (Å²) in [5, 5.41) is 0. The molecular formula is C13H22ClN3O3S. The zero-order valence-corrected chi connectivity index (χ0v) is 13.8. The molecule has 1 atom stereocenters. The summed E-state index contributed by atoms with van der Waals surface area (Å²) in [6.45, 7) is 1.99. The molecule has 0 heterocycles. The quantitative estimate of drug-likeness (QED) is 0.576. The lowest BCUT2D eigenvalue weighted by Crippen LogP contribution is -2.38. The minimum atomic E-state index is -3.35. The number of aliphatic imine (C=N–C) groups is 1. The third kappa shape index (κ3) is 4.86. The van der Waals surface area contributed by atoms with E-state index >= 15 is 0 Å². The highest BCUT2D eigenvalue weighted by molar-refractivity contribution is 7.92. The van der Waals surface area contributed by atoms with E-state index in [4.69, 9.17) is 11.5 Å². The average molecular weight is 336 g/mol. The van der Waals surface area contributed by atoms with Gasteiger partial charge in [-0.1, -0.05) is 38.0 Å². The maximum Gasteiger partial charge on any atom is 0.276 e. The third-order valence-corrected chi connectivity index (χ3v) is 5.35. The number of allylic oxidation sites excluding steroid dienone is 2. The maximum absolute atomic E-state index is 12.1. The molecule has 8 heteroatoms. The Morgan fingerprint density at radius 3 is 2.52 bits per heavy atom. The summed E-state index contributed by atoms with van der Waals surface area (Å²) >= 11 is 0. The number of hydrogen-bond donors (Lipinski definition) is 2. The van der Waals surface area contributed by atoms with E-state index in [2.05, 4.69) is 4.99 Å². The van der Waals surface area contributed by atoms with Crippen LogP contribution in [0, 0.1) is 0 Å². The first-order chi connectivity index (χ1) is 9.22. The standard InChI is InChI=1S/C13H21N3O3S.ClH/c1-3-4-7-13(20(2,18)19)8-5-6-10(9-13)11(17)16-12(14)15;/h5-6,8H,3-4,7,9H2,1-2H3,(H4,14,15,16,17);1H. The average Bonchev–Trinajstić information content (AvgIpc) is 2.34. The van der Waals surface area contributed by atoms with Gasteiger partial charge in [-0.3, -0.25) is 4.79 Å². The minimum absolute atomic E-state index is 0. The predicted molar refractivity (Wildman–Crippen MR) is 87.0 cm³/mol. The van der Waals surface area contributed by atoms with Crippen molar-refractivity contribution in [3.63, 3.8) is 0 Å². The highest BCUT2D eigenvalue weighted by Gasteiger charge is 2.40. The Hall–Kier alpha value is -1.34. The zero-order chi connectivity index (χ0) is 15.4. The number of carbonyl (C=O) groups is 1. The van der Waals surface area contributed by atoms with Crippen LogP contribution in [0.25, 0.3) is 0 Å². The first-order valence-electron chi connectivity index (χ1n) is 6.44. The van der Waals surface area contributed by atoms with Gasteiger partial charge in [0, 0.05) is 18.2 Å². The lowest BCUT2D eigenvalue weighted by Gasteiger charge is -2.31. The summed E-state index contributed by atoms with van der Waals surface area (Å²) in [5.41, 5.74) is 10.7. The van der Waals surface area contributed by atoms with Crippen molar-refractivity contribution < 1.29 is 13.2 Å². The Kier molecular flexibility index (Phi) is 7.12. The zero-order valence-electron chi connectivity index (χ0n) is 12.2. The van der Waals surface area contributed by atoms with Gasteiger partial charge in [-0.05, 0) is 6.42 Å². The number of carbonyl (C=O) groups excluding carboxylic acids is 1. The highest BCUT2D eigenvalue weighted by atomic mass is 35.5. The summed E-state index contributed by atoms with van der Waals surface area (Å²) in [7, 11) is -3.35. The molecule has 0 saturated carbocycles. The molecule has 0 aromatic heterocycles. The van der Waals surface area contributed by atoms with Crippen LogP contribution in [0.3, 0.4) is 0 Å². The van der Waals surface area contributed by atoms with Crippen LogP contribution in [0.2, 0.25) is 0 Å². The molecule has 6 nitrogen and oxygen atoms in total. The number of unbranched alkanes of at least 4 members (excludes halogenated alkanes) is 1. The first-order valence-corrected chi connectivity index (χ1v) is 8.33. The second-order valence-corrected chi connectivity index (χ2v) is 7.37. The molecule has 0 fully saturated rings. The SMILES string of the molecule is CCCCC1(S(C)(=O)=O)C=CC=C(C(=O)N=C(N)N)C1.Cl. The van der Waals surface area contributed by atoms with Crippen molar-refractivity contribution in [1.82, 2.24) is 0 Å². The summed E-state index contributed by atoms with van der Waals surface area (Å²) < 4.78 is 23.2. The minimum Gasteiger partial charge on any atom is -0.370 e. The second-order valence-electron chi connectivity index (χ2n) is 5.01. The summed E-state index contributed by atoms with van der Waals surface area (Å²) in [5.74, 6) is -0.914. The number of sulfone groups is 1. The Labute approximate surface area is 131 Å². The number of amides is 1. The predicted octanol–water partition coefficient (Wildman–Crippen LogP) is 1.07. The molecule has 0 aromatic carbocycles. The van der Waals surface area contributed by atoms with Crippen molar-refractivity contribution in [1.29, 1.82) is 0 Å². The maximum atomic E-state index is 12.1. The van der Waals surface area contributed by atoms with E-state index in [0.717, 1.165) is 12.8 Å². The molecule has 1 unspecified atom stereocenters. The first kappa shape index (κ1) is 19.7. The van der Waals surface area contributed by atoms with Gasteiger partial charge >= 0.3 is 0 Å². The van der Waals surface area contributed by atoms with Crippen molar-refractivity contribution in [2.45, 2.75) is 37.4 Å². The van der Waals surface area contributed by atoms with Crippen molar-refractivity contribution in [2.24, 2.45) is 16.5 Å². The van der Waals surface area contributed by atoms with Gasteiger partial charge in [-0.25, -0.2) is 8.42 Å². The fraction of sp³-hybridized carbons (Fsp3) is 0.538. The molecule has 1 rings (SSSR count). The number of hydrogen-bond acceptors (Lipinski definition) is 3. The van der Waals surface area contributed by atoms with Crippen LogP contribution >= 0.6 is 12.4 Å². The van der Waals surface area contributed by atoms with Gasteiger partial charge in [-0.15, -0.1) is 12.4 Å². The number of nitrogens with two attached hydrogens (primary N) is 2. The number of nitrogens with zero attached hydrogens (tertiary/aromatic N) is 1. The van der Waals surface area contributed by atoms with E-state index in [1.54, 1.807) is 18.2 Å². The molecule has 0 bridgehead atoms. The normalized spacial score (nSPS) is 21.1. The van der Waals surface area contributed by atoms with Gasteiger partial charge in [0.05, 0.1) is 4.75 Å². The van der Waals surface area contributed by atoms with E-state index < -0.39 is 20.5 Å². The smallest absolute Gasteiger partial charge is 0.276 e. The van der Waals surface area contributed by atoms with Crippen LogP contribution in [0.1, 0.15) is 32.6 Å². The molecule has 21 heavy (non-hydrogen) atoms. The molecule has 0 saturated heterocycles. The molecule has 0 spiro atoms. The summed E-state index contributed by atoms with van der Waals surface area (Å²) in [4.78, 5) is 15.3. The van der Waals surface area contributed by atoms with Crippen LogP contribution in [0.15, 0.2) is 28.8 Å². The fourth-order valence-electron chi connectivity index (χ4n) is 2.20. The van der Waals surface area contributed by atoms with Gasteiger partial charge in [0.1, 0.15) is 0 Å². The summed E-state index contributed by atoms with van der Waals surface area (Å²) in [6, 6.07) is 0. The highest BCUT2D eigenvalue weighted by Crippen LogP contribution is 2.35. The van der Waals surface area contributed by atoms with Crippen LogP contribution < -0.4 is 11.5 Å². The van der Waals surface area contributed by atoms with E-state index in [-0.39, 0.29) is 24.8 Å².